The molecule has 0 unspecified atom stereocenters. The average Bonchev–Trinajstić information content (AvgIpc) is 3.12. The Hall–Kier alpha value is -2.40. The van der Waals surface area contributed by atoms with Gasteiger partial charge in [-0.1, -0.05) is 6.07 Å². The Balaban J connectivity index is 1.56. The number of ether oxygens (including phenoxy) is 3. The van der Waals surface area contributed by atoms with Gasteiger partial charge in [0.05, 0.1) is 19.1 Å². The van der Waals surface area contributed by atoms with Crippen LogP contribution >= 0.6 is 0 Å². The summed E-state index contributed by atoms with van der Waals surface area (Å²) in [6.07, 6.45) is 0.418. The van der Waals surface area contributed by atoms with E-state index in [0.29, 0.717) is 13.0 Å². The lowest BCUT2D eigenvalue weighted by molar-refractivity contribution is 0.131. The van der Waals surface area contributed by atoms with Gasteiger partial charge in [-0.15, -0.1) is 0 Å². The lowest BCUT2D eigenvalue weighted by atomic mass is 9.88. The molecule has 0 amide bonds. The van der Waals surface area contributed by atoms with Gasteiger partial charge in [0.15, 0.2) is 0 Å². The number of hydrogen-bond donors (Lipinski definition) is 2. The van der Waals surface area contributed by atoms with Gasteiger partial charge >= 0.3 is 0 Å². The van der Waals surface area contributed by atoms with E-state index in [0.717, 1.165) is 33.9 Å². The number of fused-ring (bicyclic) bond motifs is 6. The Labute approximate surface area is 133 Å². The van der Waals surface area contributed by atoms with Crippen LogP contribution in [0.25, 0.3) is 0 Å². The number of phenolic OH excluding ortho intramolecular Hbond substituents is 1. The molecule has 2 aromatic carbocycles. The van der Waals surface area contributed by atoms with E-state index in [2.05, 4.69) is 6.07 Å². The van der Waals surface area contributed by atoms with Gasteiger partial charge in [0.1, 0.15) is 35.2 Å². The highest BCUT2D eigenvalue weighted by Gasteiger charge is 2.42. The molecule has 5 rings (SSSR count). The van der Waals surface area contributed by atoms with Crippen molar-refractivity contribution in [3.8, 4) is 23.0 Å². The summed E-state index contributed by atoms with van der Waals surface area (Å²) >= 11 is 0. The molecule has 2 aromatic rings. The van der Waals surface area contributed by atoms with Gasteiger partial charge in [-0.3, -0.25) is 0 Å². The van der Waals surface area contributed by atoms with Crippen molar-refractivity contribution in [3.63, 3.8) is 0 Å². The number of phenols is 1. The van der Waals surface area contributed by atoms with Gasteiger partial charge in [0, 0.05) is 29.7 Å². The van der Waals surface area contributed by atoms with Crippen LogP contribution in [0.5, 0.6) is 23.0 Å². The largest absolute Gasteiger partial charge is 0.508 e. The molecule has 0 radical (unpaired) electrons. The van der Waals surface area contributed by atoms with Gasteiger partial charge in [-0.05, 0) is 17.7 Å². The highest BCUT2D eigenvalue weighted by Crippen LogP contribution is 2.53. The second kappa shape index (κ2) is 4.55. The lowest BCUT2D eigenvalue weighted by Crippen LogP contribution is -2.23. The normalized spacial score (nSPS) is 26.2. The minimum Gasteiger partial charge on any atom is -0.508 e. The van der Waals surface area contributed by atoms with Crippen molar-refractivity contribution in [1.82, 2.24) is 0 Å². The van der Waals surface area contributed by atoms with E-state index in [1.807, 2.05) is 12.1 Å². The number of aromatic hydroxyl groups is 1. The van der Waals surface area contributed by atoms with Crippen molar-refractivity contribution in [2.24, 2.45) is 0 Å². The summed E-state index contributed by atoms with van der Waals surface area (Å²) in [5.74, 6) is 2.63. The predicted octanol–water partition coefficient (Wildman–Crippen LogP) is 2.30. The molecule has 0 aromatic heterocycles. The molecule has 23 heavy (non-hydrogen) atoms. The molecule has 0 saturated carbocycles. The molecular formula is C18H16O5. The standard InChI is InChI=1S/C18H16O5/c19-7-11-3-9-4-13-16(6-15(9)22-11)21-8-14-12-2-1-10(20)5-17(12)23-18(13)14/h1-2,4-6,11,14,18-20H,3,7-8H2/t11-,14-,18+/m1/s1. The maximum atomic E-state index is 9.66. The van der Waals surface area contributed by atoms with Crippen LogP contribution < -0.4 is 14.2 Å². The Kier molecular flexibility index (Phi) is 2.59. The fraction of sp³-hybridized carbons (Fsp3) is 0.333. The first-order valence-corrected chi connectivity index (χ1v) is 7.79. The van der Waals surface area contributed by atoms with Crippen LogP contribution in [0.15, 0.2) is 30.3 Å². The van der Waals surface area contributed by atoms with Crippen LogP contribution in [-0.4, -0.2) is 29.5 Å². The lowest BCUT2D eigenvalue weighted by Gasteiger charge is -2.28. The second-order valence-electron chi connectivity index (χ2n) is 6.30. The van der Waals surface area contributed by atoms with Crippen LogP contribution in [0.2, 0.25) is 0 Å². The van der Waals surface area contributed by atoms with Crippen LogP contribution in [0.3, 0.4) is 0 Å². The molecule has 118 valence electrons. The zero-order valence-corrected chi connectivity index (χ0v) is 12.4. The van der Waals surface area contributed by atoms with Crippen LogP contribution in [0.1, 0.15) is 28.7 Å². The van der Waals surface area contributed by atoms with E-state index in [-0.39, 0.29) is 30.5 Å². The zero-order chi connectivity index (χ0) is 15.6. The summed E-state index contributed by atoms with van der Waals surface area (Å²) in [7, 11) is 0. The highest BCUT2D eigenvalue weighted by atomic mass is 16.5. The molecule has 3 aliphatic heterocycles. The Bertz CT molecular complexity index is 800. The van der Waals surface area contributed by atoms with Crippen LogP contribution in [0, 0.1) is 0 Å². The Morgan fingerprint density at radius 3 is 2.78 bits per heavy atom. The summed E-state index contributed by atoms with van der Waals surface area (Å²) in [6.45, 7) is 0.547. The molecule has 3 atom stereocenters. The third-order valence-corrected chi connectivity index (χ3v) is 4.88. The minimum atomic E-state index is -0.178. The van der Waals surface area contributed by atoms with Crippen LogP contribution in [-0.2, 0) is 6.42 Å². The van der Waals surface area contributed by atoms with E-state index in [1.165, 1.54) is 0 Å². The zero-order valence-electron chi connectivity index (χ0n) is 12.4. The first-order chi connectivity index (χ1) is 11.2. The number of hydrogen-bond acceptors (Lipinski definition) is 5. The maximum Gasteiger partial charge on any atom is 0.138 e. The Morgan fingerprint density at radius 1 is 1.00 bits per heavy atom. The topological polar surface area (TPSA) is 68.2 Å². The highest BCUT2D eigenvalue weighted by molar-refractivity contribution is 5.55. The summed E-state index contributed by atoms with van der Waals surface area (Å²) in [6, 6.07) is 9.22. The molecule has 3 aliphatic rings. The molecule has 0 aliphatic carbocycles. The van der Waals surface area contributed by atoms with E-state index >= 15 is 0 Å². The smallest absolute Gasteiger partial charge is 0.138 e. The monoisotopic (exact) mass is 312 g/mol. The third-order valence-electron chi connectivity index (χ3n) is 4.88. The van der Waals surface area contributed by atoms with Crippen LogP contribution in [0.4, 0.5) is 0 Å². The van der Waals surface area contributed by atoms with Gasteiger partial charge in [0.25, 0.3) is 0 Å². The average molecular weight is 312 g/mol. The van der Waals surface area contributed by atoms with Crippen molar-refractivity contribution >= 4 is 0 Å². The summed E-state index contributed by atoms with van der Waals surface area (Å²) in [4.78, 5) is 0. The molecule has 0 fully saturated rings. The van der Waals surface area contributed by atoms with E-state index in [1.54, 1.807) is 12.1 Å². The molecule has 3 heterocycles. The molecule has 5 heteroatoms. The van der Waals surface area contributed by atoms with Crippen molar-refractivity contribution in [2.75, 3.05) is 13.2 Å². The number of rotatable bonds is 1. The van der Waals surface area contributed by atoms with Crippen molar-refractivity contribution in [2.45, 2.75) is 24.5 Å². The summed E-state index contributed by atoms with van der Waals surface area (Å²) in [5.41, 5.74) is 3.16. The molecular weight excluding hydrogens is 296 g/mol. The van der Waals surface area contributed by atoms with E-state index in [4.69, 9.17) is 14.2 Å². The van der Waals surface area contributed by atoms with E-state index in [9.17, 15) is 10.2 Å². The van der Waals surface area contributed by atoms with Crippen molar-refractivity contribution in [1.29, 1.82) is 0 Å². The van der Waals surface area contributed by atoms with Gasteiger partial charge < -0.3 is 24.4 Å². The van der Waals surface area contributed by atoms with Gasteiger partial charge in [-0.2, -0.15) is 0 Å². The molecule has 0 spiro atoms. The molecule has 5 nitrogen and oxygen atoms in total. The van der Waals surface area contributed by atoms with Gasteiger partial charge in [-0.25, -0.2) is 0 Å². The van der Waals surface area contributed by atoms with E-state index < -0.39 is 0 Å². The predicted molar refractivity (Wildman–Crippen MR) is 81.4 cm³/mol. The minimum absolute atomic E-state index is 0.00742. The number of aliphatic hydroxyl groups excluding tert-OH is 1. The Morgan fingerprint density at radius 2 is 1.91 bits per heavy atom. The third kappa shape index (κ3) is 1.83. The fourth-order valence-corrected chi connectivity index (χ4v) is 3.76. The SMILES string of the molecule is OC[C@H]1Cc2cc3c(cc2O1)OC[C@@H]1c2ccc(O)cc2O[C@@H]31. The molecule has 0 saturated heterocycles. The molecule has 0 bridgehead atoms. The summed E-state index contributed by atoms with van der Waals surface area (Å²) in [5, 5.41) is 19.0. The summed E-state index contributed by atoms with van der Waals surface area (Å²) < 4.78 is 17.7. The molecule has 2 N–H and O–H groups in total. The number of aliphatic hydroxyl groups is 1. The van der Waals surface area contributed by atoms with Gasteiger partial charge in [0.2, 0.25) is 0 Å². The van der Waals surface area contributed by atoms with Crippen molar-refractivity contribution in [3.05, 3.63) is 47.0 Å². The van der Waals surface area contributed by atoms with Crippen molar-refractivity contribution < 1.29 is 24.4 Å². The number of benzene rings is 2. The fourth-order valence-electron chi connectivity index (χ4n) is 3.76. The second-order valence-corrected chi connectivity index (χ2v) is 6.30. The quantitative estimate of drug-likeness (QED) is 0.845. The first kappa shape index (κ1) is 13.1. The first-order valence-electron chi connectivity index (χ1n) is 7.79. The maximum absolute atomic E-state index is 9.66.